The lowest BCUT2D eigenvalue weighted by Crippen LogP contribution is -2.05. The van der Waals surface area contributed by atoms with Crippen LogP contribution in [-0.4, -0.2) is 16.5 Å². The van der Waals surface area contributed by atoms with Crippen LogP contribution in [0.1, 0.15) is 32.3 Å². The van der Waals surface area contributed by atoms with Crippen molar-refractivity contribution in [3.63, 3.8) is 0 Å². The molecule has 1 aromatic carbocycles. The highest BCUT2D eigenvalue weighted by Gasteiger charge is 2.02. The number of unbranched alkanes of at least 4 members (excludes halogenated alkanes) is 1. The molecule has 112 valence electrons. The third kappa shape index (κ3) is 4.63. The van der Waals surface area contributed by atoms with Crippen molar-refractivity contribution in [3.8, 4) is 0 Å². The summed E-state index contributed by atoms with van der Waals surface area (Å²) >= 11 is 0. The average Bonchev–Trinajstić information content (AvgIpc) is 2.46. The van der Waals surface area contributed by atoms with E-state index in [0.717, 1.165) is 24.5 Å². The fourth-order valence-electron chi connectivity index (χ4n) is 2.09. The Balaban J connectivity index is 2.07. The maximum atomic E-state index is 5.72. The minimum absolute atomic E-state index is 0.260. The van der Waals surface area contributed by atoms with E-state index in [1.807, 2.05) is 13.0 Å². The number of anilines is 4. The standard InChI is InChI=1S/C16H23N5/c1-3-5-6-12-7-9-13(10-8-12)19-15-11-14(18-4-2)20-16(17)21-15/h7-11H,3-6H2,1-2H3,(H4,17,18,19,20,21). The Kier molecular flexibility index (Phi) is 5.37. The summed E-state index contributed by atoms with van der Waals surface area (Å²) in [5, 5.41) is 6.39. The Hall–Kier alpha value is -2.30. The van der Waals surface area contributed by atoms with Crippen LogP contribution in [0.3, 0.4) is 0 Å². The molecule has 4 N–H and O–H groups in total. The van der Waals surface area contributed by atoms with Crippen LogP contribution in [0, 0.1) is 0 Å². The first-order chi connectivity index (χ1) is 10.2. The van der Waals surface area contributed by atoms with Gasteiger partial charge in [0.1, 0.15) is 11.6 Å². The van der Waals surface area contributed by atoms with Crippen LogP contribution in [0.15, 0.2) is 30.3 Å². The van der Waals surface area contributed by atoms with Crippen molar-refractivity contribution in [1.82, 2.24) is 9.97 Å². The Morgan fingerprint density at radius 1 is 1.05 bits per heavy atom. The molecule has 2 aromatic rings. The second kappa shape index (κ2) is 7.47. The molecule has 0 saturated carbocycles. The largest absolute Gasteiger partial charge is 0.370 e. The van der Waals surface area contributed by atoms with Crippen LogP contribution in [0.25, 0.3) is 0 Å². The second-order valence-corrected chi connectivity index (χ2v) is 4.95. The van der Waals surface area contributed by atoms with Crippen LogP contribution < -0.4 is 16.4 Å². The average molecular weight is 285 g/mol. The number of aryl methyl sites for hydroxylation is 1. The van der Waals surface area contributed by atoms with Crippen LogP contribution >= 0.6 is 0 Å². The van der Waals surface area contributed by atoms with Gasteiger partial charge in [0.05, 0.1) is 0 Å². The van der Waals surface area contributed by atoms with Gasteiger partial charge < -0.3 is 16.4 Å². The number of nitrogens with two attached hydrogens (primary N) is 1. The van der Waals surface area contributed by atoms with E-state index in [9.17, 15) is 0 Å². The fraction of sp³-hybridized carbons (Fsp3) is 0.375. The zero-order chi connectivity index (χ0) is 15.1. The van der Waals surface area contributed by atoms with Crippen molar-refractivity contribution in [3.05, 3.63) is 35.9 Å². The Bertz CT molecular complexity index is 565. The fourth-order valence-corrected chi connectivity index (χ4v) is 2.09. The molecule has 5 heteroatoms. The van der Waals surface area contributed by atoms with Gasteiger partial charge in [-0.25, -0.2) is 0 Å². The van der Waals surface area contributed by atoms with Gasteiger partial charge in [0.2, 0.25) is 5.95 Å². The van der Waals surface area contributed by atoms with E-state index in [-0.39, 0.29) is 5.95 Å². The predicted molar refractivity (Wildman–Crippen MR) is 88.9 cm³/mol. The number of hydrogen-bond donors (Lipinski definition) is 3. The summed E-state index contributed by atoms with van der Waals surface area (Å²) in [5.41, 5.74) is 8.08. The van der Waals surface area contributed by atoms with Gasteiger partial charge in [-0.2, -0.15) is 9.97 Å². The van der Waals surface area contributed by atoms with Gasteiger partial charge in [-0.05, 0) is 37.5 Å². The zero-order valence-corrected chi connectivity index (χ0v) is 12.7. The third-order valence-electron chi connectivity index (χ3n) is 3.15. The van der Waals surface area contributed by atoms with Crippen LogP contribution in [0.4, 0.5) is 23.3 Å². The molecule has 0 saturated heterocycles. The Labute approximate surface area is 126 Å². The zero-order valence-electron chi connectivity index (χ0n) is 12.7. The lowest BCUT2D eigenvalue weighted by atomic mass is 10.1. The molecule has 0 radical (unpaired) electrons. The molecule has 0 aliphatic rings. The molecule has 0 spiro atoms. The summed E-state index contributed by atoms with van der Waals surface area (Å²) in [6.07, 6.45) is 3.57. The number of rotatable bonds is 7. The number of benzene rings is 1. The summed E-state index contributed by atoms with van der Waals surface area (Å²) in [4.78, 5) is 8.33. The normalized spacial score (nSPS) is 10.4. The predicted octanol–water partition coefficient (Wildman–Crippen LogP) is 3.58. The van der Waals surface area contributed by atoms with Crippen LogP contribution in [0.2, 0.25) is 0 Å². The molecule has 0 aliphatic carbocycles. The number of aromatic nitrogens is 2. The van der Waals surface area contributed by atoms with E-state index in [2.05, 4.69) is 51.8 Å². The molecule has 2 rings (SSSR count). The van der Waals surface area contributed by atoms with Crippen molar-refractivity contribution >= 4 is 23.3 Å². The Morgan fingerprint density at radius 2 is 1.76 bits per heavy atom. The summed E-state index contributed by atoms with van der Waals surface area (Å²) in [5.74, 6) is 1.68. The lowest BCUT2D eigenvalue weighted by Gasteiger charge is -2.09. The van der Waals surface area contributed by atoms with E-state index in [4.69, 9.17) is 5.73 Å². The molecule has 21 heavy (non-hydrogen) atoms. The lowest BCUT2D eigenvalue weighted by molar-refractivity contribution is 0.795. The summed E-state index contributed by atoms with van der Waals surface area (Å²) in [7, 11) is 0. The highest BCUT2D eigenvalue weighted by atomic mass is 15.1. The molecule has 1 heterocycles. The van der Waals surface area contributed by atoms with E-state index in [0.29, 0.717) is 5.82 Å². The molecular formula is C16H23N5. The molecule has 0 atom stereocenters. The van der Waals surface area contributed by atoms with Gasteiger partial charge in [0, 0.05) is 18.3 Å². The number of nitrogen functional groups attached to an aromatic ring is 1. The molecule has 0 unspecified atom stereocenters. The Morgan fingerprint density at radius 3 is 2.43 bits per heavy atom. The molecule has 0 aliphatic heterocycles. The summed E-state index contributed by atoms with van der Waals surface area (Å²) < 4.78 is 0. The SMILES string of the molecule is CCCCc1ccc(Nc2cc(NCC)nc(N)n2)cc1. The van der Waals surface area contributed by atoms with Gasteiger partial charge in [-0.3, -0.25) is 0 Å². The van der Waals surface area contributed by atoms with E-state index in [1.54, 1.807) is 0 Å². The van der Waals surface area contributed by atoms with Crippen molar-refractivity contribution in [2.45, 2.75) is 33.1 Å². The molecular weight excluding hydrogens is 262 g/mol. The molecule has 0 bridgehead atoms. The second-order valence-electron chi connectivity index (χ2n) is 4.95. The van der Waals surface area contributed by atoms with Crippen molar-refractivity contribution < 1.29 is 0 Å². The highest BCUT2D eigenvalue weighted by Crippen LogP contribution is 2.19. The number of hydrogen-bond acceptors (Lipinski definition) is 5. The van der Waals surface area contributed by atoms with Gasteiger partial charge in [0.25, 0.3) is 0 Å². The maximum Gasteiger partial charge on any atom is 0.223 e. The summed E-state index contributed by atoms with van der Waals surface area (Å²) in [6.45, 7) is 5.01. The van der Waals surface area contributed by atoms with Crippen molar-refractivity contribution in [2.24, 2.45) is 0 Å². The molecule has 1 aromatic heterocycles. The van der Waals surface area contributed by atoms with Crippen LogP contribution in [0.5, 0.6) is 0 Å². The molecule has 0 amide bonds. The van der Waals surface area contributed by atoms with Crippen molar-refractivity contribution in [2.75, 3.05) is 22.9 Å². The first-order valence-electron chi connectivity index (χ1n) is 7.45. The third-order valence-corrected chi connectivity index (χ3v) is 3.15. The van der Waals surface area contributed by atoms with Gasteiger partial charge in [0.15, 0.2) is 0 Å². The number of nitrogens with one attached hydrogen (secondary N) is 2. The smallest absolute Gasteiger partial charge is 0.223 e. The van der Waals surface area contributed by atoms with E-state index < -0.39 is 0 Å². The maximum absolute atomic E-state index is 5.72. The topological polar surface area (TPSA) is 75.9 Å². The first kappa shape index (κ1) is 15.1. The van der Waals surface area contributed by atoms with E-state index in [1.165, 1.54) is 18.4 Å². The van der Waals surface area contributed by atoms with E-state index >= 15 is 0 Å². The van der Waals surface area contributed by atoms with Gasteiger partial charge >= 0.3 is 0 Å². The molecule has 0 fully saturated rings. The monoisotopic (exact) mass is 285 g/mol. The molecule has 5 nitrogen and oxygen atoms in total. The van der Waals surface area contributed by atoms with Gasteiger partial charge in [-0.1, -0.05) is 25.5 Å². The minimum Gasteiger partial charge on any atom is -0.370 e. The van der Waals surface area contributed by atoms with Crippen LogP contribution in [-0.2, 0) is 6.42 Å². The quantitative estimate of drug-likeness (QED) is 0.725. The van der Waals surface area contributed by atoms with Crippen molar-refractivity contribution in [1.29, 1.82) is 0 Å². The minimum atomic E-state index is 0.260. The summed E-state index contributed by atoms with van der Waals surface area (Å²) in [6, 6.07) is 10.3. The highest BCUT2D eigenvalue weighted by molar-refractivity contribution is 5.60. The van der Waals surface area contributed by atoms with Gasteiger partial charge in [-0.15, -0.1) is 0 Å². The first-order valence-corrected chi connectivity index (χ1v) is 7.45. The number of nitrogens with zero attached hydrogens (tertiary/aromatic N) is 2.